The van der Waals surface area contributed by atoms with Crippen LogP contribution in [0.3, 0.4) is 0 Å². The van der Waals surface area contributed by atoms with Crippen LogP contribution >= 0.6 is 11.8 Å². The molecular weight excluding hydrogens is 827 g/mol. The van der Waals surface area contributed by atoms with Crippen molar-refractivity contribution in [3.8, 4) is 0 Å². The molecule has 0 bridgehead atoms. The van der Waals surface area contributed by atoms with Crippen LogP contribution in [-0.4, -0.2) is 93.2 Å². The van der Waals surface area contributed by atoms with Crippen LogP contribution in [0.5, 0.6) is 0 Å². The molecule has 3 aromatic rings. The first-order valence-electron chi connectivity index (χ1n) is 19.4. The van der Waals surface area contributed by atoms with Crippen LogP contribution in [0.15, 0.2) is 96.2 Å². The van der Waals surface area contributed by atoms with Crippen LogP contribution in [0.2, 0.25) is 0 Å². The Morgan fingerprint density at radius 2 is 1.39 bits per heavy atom. The zero-order valence-corrected chi connectivity index (χ0v) is 35.7. The van der Waals surface area contributed by atoms with E-state index >= 15 is 0 Å². The molecule has 2 unspecified atom stereocenters. The summed E-state index contributed by atoms with van der Waals surface area (Å²) in [6.07, 6.45) is -5.76. The summed E-state index contributed by atoms with van der Waals surface area (Å²) in [5.41, 5.74) is 4.84. The predicted octanol–water partition coefficient (Wildman–Crippen LogP) is 4.93. The second kappa shape index (κ2) is 19.9. The van der Waals surface area contributed by atoms with E-state index in [0.29, 0.717) is 11.1 Å². The van der Waals surface area contributed by atoms with Gasteiger partial charge in [-0.1, -0.05) is 72.8 Å². The highest BCUT2D eigenvalue weighted by Crippen LogP contribution is 2.44. The van der Waals surface area contributed by atoms with Crippen molar-refractivity contribution in [3.63, 3.8) is 0 Å². The number of rotatable bonds is 14. The van der Waals surface area contributed by atoms with E-state index in [4.69, 9.17) is 29.4 Å². The molecule has 18 nitrogen and oxygen atoms in total. The van der Waals surface area contributed by atoms with Crippen LogP contribution < -0.4 is 21.7 Å². The number of esters is 2. The number of anilines is 1. The SMILES string of the molecule is CC(C)(C)OC(=O)N[C@H](COC(=O)Nc1ccc(C(O)C(=O)NC2S[C@H]3CC(=O)N3C(C(=O)OC(c3ccccc3)c3ccccc3)=C2COC(N)=O)cc1)C(=O)OC(C)(C)C. The number of alkyl carbamates (subject to hydrolysis) is 1. The Morgan fingerprint density at radius 3 is 1.92 bits per heavy atom. The van der Waals surface area contributed by atoms with E-state index in [0.717, 1.165) is 11.8 Å². The zero-order valence-electron chi connectivity index (χ0n) is 34.9. The molecule has 330 valence electrons. The zero-order chi connectivity index (χ0) is 45.4. The van der Waals surface area contributed by atoms with E-state index < -0.39 is 95.4 Å². The van der Waals surface area contributed by atoms with Crippen molar-refractivity contribution < 1.29 is 62.4 Å². The molecule has 2 aliphatic heterocycles. The lowest BCUT2D eigenvalue weighted by Gasteiger charge is -2.47. The van der Waals surface area contributed by atoms with Crippen LogP contribution in [0.25, 0.3) is 0 Å². The average Bonchev–Trinajstić information content (AvgIpc) is 3.19. The smallest absolute Gasteiger partial charge is 0.411 e. The maximum atomic E-state index is 14.2. The molecule has 19 heteroatoms. The minimum atomic E-state index is -1.78. The van der Waals surface area contributed by atoms with Gasteiger partial charge in [-0.25, -0.2) is 24.0 Å². The van der Waals surface area contributed by atoms with Gasteiger partial charge in [-0.15, -0.1) is 11.8 Å². The number of aliphatic hydroxyl groups is 1. The van der Waals surface area contributed by atoms with Gasteiger partial charge in [0.2, 0.25) is 5.91 Å². The van der Waals surface area contributed by atoms with Gasteiger partial charge in [0.25, 0.3) is 5.91 Å². The fourth-order valence-corrected chi connectivity index (χ4v) is 7.51. The van der Waals surface area contributed by atoms with E-state index in [-0.39, 0.29) is 28.9 Å². The summed E-state index contributed by atoms with van der Waals surface area (Å²) >= 11 is 1.09. The number of carbonyl (C=O) groups is 7. The van der Waals surface area contributed by atoms with Gasteiger partial charge in [-0.2, -0.15) is 0 Å². The summed E-state index contributed by atoms with van der Waals surface area (Å²) in [4.78, 5) is 91.7. The fraction of sp³-hybridized carbons (Fsp3) is 0.372. The van der Waals surface area contributed by atoms with Crippen molar-refractivity contribution in [2.75, 3.05) is 18.5 Å². The monoisotopic (exact) mass is 875 g/mol. The number of aliphatic hydroxyl groups excluding tert-OH is 1. The first-order chi connectivity index (χ1) is 29.2. The second-order valence-electron chi connectivity index (χ2n) is 16.0. The lowest BCUT2D eigenvalue weighted by atomic mass is 10.0. The van der Waals surface area contributed by atoms with Crippen LogP contribution in [0.4, 0.5) is 20.1 Å². The Bertz CT molecular complexity index is 2130. The van der Waals surface area contributed by atoms with Crippen LogP contribution in [-0.2, 0) is 42.9 Å². The van der Waals surface area contributed by atoms with Gasteiger partial charge in [-0.3, -0.25) is 19.8 Å². The van der Waals surface area contributed by atoms with Gasteiger partial charge in [0.1, 0.15) is 35.5 Å². The number of hydrogen-bond donors (Lipinski definition) is 5. The summed E-state index contributed by atoms with van der Waals surface area (Å²) in [7, 11) is 0. The quantitative estimate of drug-likeness (QED) is 0.0819. The number of benzene rings is 3. The Balaban J connectivity index is 1.29. The number of primary amides is 1. The predicted molar refractivity (Wildman–Crippen MR) is 224 cm³/mol. The maximum Gasteiger partial charge on any atom is 0.411 e. The molecule has 6 N–H and O–H groups in total. The van der Waals surface area contributed by atoms with E-state index in [1.165, 1.54) is 29.2 Å². The molecule has 0 spiro atoms. The van der Waals surface area contributed by atoms with E-state index in [1.807, 2.05) is 12.1 Å². The van der Waals surface area contributed by atoms with E-state index in [2.05, 4.69) is 16.0 Å². The number of β-lactam (4-membered cyclic amide) rings is 1. The second-order valence-corrected chi connectivity index (χ2v) is 17.3. The minimum absolute atomic E-state index is 0.00298. The van der Waals surface area contributed by atoms with Crippen molar-refractivity contribution in [3.05, 3.63) is 113 Å². The highest BCUT2D eigenvalue weighted by Gasteiger charge is 2.50. The van der Waals surface area contributed by atoms with Crippen LogP contribution in [0, 0.1) is 0 Å². The van der Waals surface area contributed by atoms with E-state index in [1.54, 1.807) is 90.1 Å². The summed E-state index contributed by atoms with van der Waals surface area (Å²) in [5, 5.41) is 16.9. The number of amides is 5. The number of hydrogen-bond acceptors (Lipinski definition) is 14. The molecule has 62 heavy (non-hydrogen) atoms. The Labute approximate surface area is 361 Å². The molecule has 0 saturated carbocycles. The molecule has 1 saturated heterocycles. The molecule has 2 aliphatic rings. The number of nitrogens with one attached hydrogen (secondary N) is 3. The summed E-state index contributed by atoms with van der Waals surface area (Å²) < 4.78 is 26.9. The number of nitrogens with zero attached hydrogens (tertiary/aromatic N) is 1. The molecule has 2 heterocycles. The molecule has 4 atom stereocenters. The number of carbonyl (C=O) groups excluding carboxylic acids is 7. The van der Waals surface area contributed by atoms with Gasteiger partial charge in [0.05, 0.1) is 11.8 Å². The molecule has 5 amide bonds. The highest BCUT2D eigenvalue weighted by molar-refractivity contribution is 8.00. The van der Waals surface area contributed by atoms with Crippen molar-refractivity contribution in [1.82, 2.24) is 15.5 Å². The summed E-state index contributed by atoms with van der Waals surface area (Å²) in [6.45, 7) is 8.60. The average molecular weight is 876 g/mol. The third kappa shape index (κ3) is 12.7. The molecular formula is C43H49N5O13S. The lowest BCUT2D eigenvalue weighted by Crippen LogP contribution is -2.58. The number of nitrogens with two attached hydrogens (primary N) is 1. The first-order valence-corrected chi connectivity index (χ1v) is 20.3. The largest absolute Gasteiger partial charge is 0.458 e. The third-order valence-corrected chi connectivity index (χ3v) is 10.2. The molecule has 3 aromatic carbocycles. The van der Waals surface area contributed by atoms with Gasteiger partial charge in [0.15, 0.2) is 18.2 Å². The Kier molecular flexibility index (Phi) is 14.9. The Morgan fingerprint density at radius 1 is 0.806 bits per heavy atom. The third-order valence-electron chi connectivity index (χ3n) is 8.81. The molecule has 1 fully saturated rings. The molecule has 0 aliphatic carbocycles. The number of thioether (sulfide) groups is 1. The molecule has 0 aromatic heterocycles. The normalized spacial score (nSPS) is 17.0. The van der Waals surface area contributed by atoms with Gasteiger partial charge in [0, 0.05) is 11.3 Å². The summed E-state index contributed by atoms with van der Waals surface area (Å²) in [5.74, 6) is -3.10. The highest BCUT2D eigenvalue weighted by atomic mass is 32.2. The molecule has 0 radical (unpaired) electrons. The van der Waals surface area contributed by atoms with Crippen molar-refractivity contribution >= 4 is 59.5 Å². The first kappa shape index (κ1) is 46.5. The van der Waals surface area contributed by atoms with Crippen molar-refractivity contribution in [2.24, 2.45) is 5.73 Å². The molecule has 5 rings (SSSR count). The van der Waals surface area contributed by atoms with E-state index in [9.17, 15) is 38.7 Å². The van der Waals surface area contributed by atoms with Gasteiger partial charge < -0.3 is 45.2 Å². The number of ether oxygens (including phenoxy) is 5. The fourth-order valence-electron chi connectivity index (χ4n) is 6.09. The minimum Gasteiger partial charge on any atom is -0.458 e. The van der Waals surface area contributed by atoms with Gasteiger partial charge in [-0.05, 0) is 70.4 Å². The number of fused-ring (bicyclic) bond motifs is 1. The lowest BCUT2D eigenvalue weighted by molar-refractivity contribution is -0.158. The summed E-state index contributed by atoms with van der Waals surface area (Å²) in [6, 6.07) is 21.9. The van der Waals surface area contributed by atoms with Gasteiger partial charge >= 0.3 is 30.2 Å². The van der Waals surface area contributed by atoms with Crippen molar-refractivity contribution in [2.45, 2.75) is 88.2 Å². The standard InChI is InChI=1S/C43H49N5O13S/c1-42(2,3)60-37(52)29(46-41(56)61-43(4,5)6)23-58-40(55)45-27-19-17-24(18-20-27)33(50)35(51)47-36-28(22-57-39(44)54)32(48-30(49)21-31(48)62-36)38(53)59-34(25-13-9-7-10-14-25)26-15-11-8-12-16-26/h7-20,29,31,33-34,36,50H,21-23H2,1-6H3,(H2,44,54)(H,45,55)(H,46,56)(H,47,51)/t29-,31+,33?,36?/m1/s1. The Hall–Kier alpha value is -6.60. The maximum absolute atomic E-state index is 14.2. The topological polar surface area (TPSA) is 251 Å². The van der Waals surface area contributed by atoms with Crippen LogP contribution in [0.1, 0.15) is 76.9 Å². The van der Waals surface area contributed by atoms with Crippen molar-refractivity contribution in [1.29, 1.82) is 0 Å².